The standard InChI is InChI=1S/C15H17FN4S/c1-3-9-11(4-2)19-20-15(13(9)14(17)21)18-12-8-6-5-7-10(12)16/h5-8H,3-4H2,1-2H3,(H2,17,21)(H,18,20). The molecule has 0 radical (unpaired) electrons. The second-order valence-electron chi connectivity index (χ2n) is 4.53. The molecule has 0 aliphatic carbocycles. The highest BCUT2D eigenvalue weighted by Gasteiger charge is 2.17. The summed E-state index contributed by atoms with van der Waals surface area (Å²) >= 11 is 5.14. The van der Waals surface area contributed by atoms with E-state index in [1.165, 1.54) is 6.07 Å². The molecule has 0 spiro atoms. The quantitative estimate of drug-likeness (QED) is 0.831. The molecule has 2 aromatic rings. The molecule has 1 heterocycles. The van der Waals surface area contributed by atoms with Crippen LogP contribution in [0.1, 0.15) is 30.7 Å². The van der Waals surface area contributed by atoms with Crippen molar-refractivity contribution in [2.75, 3.05) is 5.32 Å². The fourth-order valence-corrected chi connectivity index (χ4v) is 2.44. The van der Waals surface area contributed by atoms with E-state index in [9.17, 15) is 4.39 Å². The van der Waals surface area contributed by atoms with Gasteiger partial charge >= 0.3 is 0 Å². The monoisotopic (exact) mass is 304 g/mol. The zero-order valence-electron chi connectivity index (χ0n) is 12.0. The number of aromatic nitrogens is 2. The van der Waals surface area contributed by atoms with Gasteiger partial charge in [-0.2, -0.15) is 5.10 Å². The lowest BCUT2D eigenvalue weighted by Crippen LogP contribution is -2.19. The molecule has 0 atom stereocenters. The van der Waals surface area contributed by atoms with Crippen LogP contribution in [0, 0.1) is 5.82 Å². The Bertz CT molecular complexity index is 673. The summed E-state index contributed by atoms with van der Waals surface area (Å²) in [6, 6.07) is 6.36. The first-order chi connectivity index (χ1) is 10.1. The van der Waals surface area contributed by atoms with Gasteiger partial charge in [0.25, 0.3) is 0 Å². The number of aryl methyl sites for hydroxylation is 1. The molecule has 0 bridgehead atoms. The number of nitrogens with zero attached hydrogens (tertiary/aromatic N) is 2. The molecule has 21 heavy (non-hydrogen) atoms. The molecular weight excluding hydrogens is 287 g/mol. The van der Waals surface area contributed by atoms with Crippen LogP contribution in [0.15, 0.2) is 24.3 Å². The first-order valence-corrected chi connectivity index (χ1v) is 7.19. The van der Waals surface area contributed by atoms with Gasteiger partial charge in [0.2, 0.25) is 0 Å². The van der Waals surface area contributed by atoms with Gasteiger partial charge in [0.15, 0.2) is 5.82 Å². The molecule has 0 amide bonds. The lowest BCUT2D eigenvalue weighted by atomic mass is 10.0. The van der Waals surface area contributed by atoms with Crippen LogP contribution in [0.4, 0.5) is 15.9 Å². The molecule has 0 fully saturated rings. The Labute approximate surface area is 128 Å². The van der Waals surface area contributed by atoms with Gasteiger partial charge < -0.3 is 11.1 Å². The Morgan fingerprint density at radius 2 is 1.95 bits per heavy atom. The molecule has 0 saturated heterocycles. The number of anilines is 2. The van der Waals surface area contributed by atoms with Gasteiger partial charge in [-0.3, -0.25) is 0 Å². The zero-order chi connectivity index (χ0) is 15.4. The highest BCUT2D eigenvalue weighted by atomic mass is 32.1. The van der Waals surface area contributed by atoms with Gasteiger partial charge in [-0.15, -0.1) is 5.10 Å². The summed E-state index contributed by atoms with van der Waals surface area (Å²) in [5, 5.41) is 11.2. The van der Waals surface area contributed by atoms with Crippen molar-refractivity contribution in [3.8, 4) is 0 Å². The third-order valence-electron chi connectivity index (χ3n) is 3.22. The Hall–Kier alpha value is -2.08. The van der Waals surface area contributed by atoms with E-state index in [1.54, 1.807) is 18.2 Å². The normalized spacial score (nSPS) is 10.4. The van der Waals surface area contributed by atoms with Crippen LogP contribution in [0.3, 0.4) is 0 Å². The number of rotatable bonds is 5. The van der Waals surface area contributed by atoms with Crippen LogP contribution in [0.5, 0.6) is 0 Å². The van der Waals surface area contributed by atoms with Crippen molar-refractivity contribution in [2.24, 2.45) is 5.73 Å². The van der Waals surface area contributed by atoms with Crippen LogP contribution in [-0.4, -0.2) is 15.2 Å². The largest absolute Gasteiger partial charge is 0.389 e. The van der Waals surface area contributed by atoms with E-state index < -0.39 is 0 Å². The van der Waals surface area contributed by atoms with E-state index >= 15 is 0 Å². The number of nitrogens with two attached hydrogens (primary N) is 1. The van der Waals surface area contributed by atoms with Gasteiger partial charge in [-0.1, -0.05) is 38.2 Å². The molecule has 0 unspecified atom stereocenters. The molecule has 2 rings (SSSR count). The summed E-state index contributed by atoms with van der Waals surface area (Å²) in [5.74, 6) is 0.0208. The number of halogens is 1. The number of hydrogen-bond donors (Lipinski definition) is 2. The van der Waals surface area contributed by atoms with E-state index in [4.69, 9.17) is 18.0 Å². The highest BCUT2D eigenvalue weighted by Crippen LogP contribution is 2.25. The van der Waals surface area contributed by atoms with Crippen LogP contribution in [0.25, 0.3) is 0 Å². The maximum absolute atomic E-state index is 13.8. The molecule has 4 nitrogen and oxygen atoms in total. The third-order valence-corrected chi connectivity index (χ3v) is 3.42. The maximum Gasteiger partial charge on any atom is 0.163 e. The Morgan fingerprint density at radius 1 is 1.24 bits per heavy atom. The summed E-state index contributed by atoms with van der Waals surface area (Å²) in [6.07, 6.45) is 1.48. The van der Waals surface area contributed by atoms with Crippen LogP contribution in [-0.2, 0) is 12.8 Å². The molecule has 3 N–H and O–H groups in total. The highest BCUT2D eigenvalue weighted by molar-refractivity contribution is 7.80. The minimum Gasteiger partial charge on any atom is -0.389 e. The number of hydrogen-bond acceptors (Lipinski definition) is 4. The molecule has 1 aromatic carbocycles. The molecule has 6 heteroatoms. The summed E-state index contributed by atoms with van der Waals surface area (Å²) in [4.78, 5) is 0.232. The minimum atomic E-state index is -0.370. The van der Waals surface area contributed by atoms with Gasteiger partial charge in [0, 0.05) is 0 Å². The molecule has 0 aliphatic rings. The van der Waals surface area contributed by atoms with Crippen LogP contribution >= 0.6 is 12.2 Å². The average Bonchev–Trinajstić information content (AvgIpc) is 2.48. The maximum atomic E-state index is 13.8. The SMILES string of the molecule is CCc1nnc(Nc2ccccc2F)c(C(N)=S)c1CC. The summed E-state index contributed by atoms with van der Waals surface area (Å²) in [5.41, 5.74) is 8.61. The van der Waals surface area contributed by atoms with Crippen molar-refractivity contribution in [3.05, 3.63) is 46.9 Å². The van der Waals surface area contributed by atoms with E-state index in [0.717, 1.165) is 24.1 Å². The lowest BCUT2D eigenvalue weighted by molar-refractivity contribution is 0.631. The van der Waals surface area contributed by atoms with Gasteiger partial charge in [0.1, 0.15) is 10.8 Å². The van der Waals surface area contributed by atoms with Crippen molar-refractivity contribution in [1.82, 2.24) is 10.2 Å². The van der Waals surface area contributed by atoms with Gasteiger partial charge in [-0.05, 0) is 30.5 Å². The Morgan fingerprint density at radius 3 is 2.52 bits per heavy atom. The number of thiocarbonyl (C=S) groups is 1. The minimum absolute atomic E-state index is 0.232. The van der Waals surface area contributed by atoms with Crippen molar-refractivity contribution >= 4 is 28.7 Å². The van der Waals surface area contributed by atoms with E-state index in [0.29, 0.717) is 17.1 Å². The molecule has 110 valence electrons. The van der Waals surface area contributed by atoms with Gasteiger partial charge in [0.05, 0.1) is 16.9 Å². The van der Waals surface area contributed by atoms with E-state index in [-0.39, 0.29) is 10.8 Å². The van der Waals surface area contributed by atoms with Crippen molar-refractivity contribution in [1.29, 1.82) is 0 Å². The van der Waals surface area contributed by atoms with E-state index in [2.05, 4.69) is 15.5 Å². The first kappa shape index (κ1) is 15.3. The van der Waals surface area contributed by atoms with Crippen LogP contribution < -0.4 is 11.1 Å². The summed E-state index contributed by atoms with van der Waals surface area (Å²) in [6.45, 7) is 4.00. The molecular formula is C15H17FN4S. The zero-order valence-corrected chi connectivity index (χ0v) is 12.8. The number of nitrogens with one attached hydrogen (secondary N) is 1. The molecule has 0 aliphatic heterocycles. The molecule has 0 saturated carbocycles. The summed E-state index contributed by atoms with van der Waals surface area (Å²) < 4.78 is 13.8. The summed E-state index contributed by atoms with van der Waals surface area (Å²) in [7, 11) is 0. The first-order valence-electron chi connectivity index (χ1n) is 6.78. The predicted octanol–water partition coefficient (Wildman–Crippen LogP) is 3.12. The third kappa shape index (κ3) is 3.16. The smallest absolute Gasteiger partial charge is 0.163 e. The fraction of sp³-hybridized carbons (Fsp3) is 0.267. The number of para-hydroxylation sites is 1. The Balaban J connectivity index is 2.54. The number of benzene rings is 1. The fourth-order valence-electron chi connectivity index (χ4n) is 2.22. The second-order valence-corrected chi connectivity index (χ2v) is 4.96. The van der Waals surface area contributed by atoms with E-state index in [1.807, 2.05) is 13.8 Å². The van der Waals surface area contributed by atoms with Crippen molar-refractivity contribution < 1.29 is 4.39 Å². The molecule has 1 aromatic heterocycles. The second kappa shape index (κ2) is 6.58. The van der Waals surface area contributed by atoms with Gasteiger partial charge in [-0.25, -0.2) is 4.39 Å². The lowest BCUT2D eigenvalue weighted by Gasteiger charge is -2.15. The predicted molar refractivity (Wildman–Crippen MR) is 86.4 cm³/mol. The van der Waals surface area contributed by atoms with Crippen molar-refractivity contribution in [3.63, 3.8) is 0 Å². The average molecular weight is 304 g/mol. The topological polar surface area (TPSA) is 63.8 Å². The van der Waals surface area contributed by atoms with Crippen LogP contribution in [0.2, 0.25) is 0 Å². The van der Waals surface area contributed by atoms with Crippen molar-refractivity contribution in [2.45, 2.75) is 26.7 Å². The Kier molecular flexibility index (Phi) is 4.80.